The summed E-state index contributed by atoms with van der Waals surface area (Å²) in [5.74, 6) is 0.0811. The van der Waals surface area contributed by atoms with Crippen LogP contribution in [0.4, 0.5) is 0 Å². The smallest absolute Gasteiger partial charge is 0.216 e. The van der Waals surface area contributed by atoms with Crippen molar-refractivity contribution in [2.75, 3.05) is 12.8 Å². The maximum absolute atomic E-state index is 10.7. The van der Waals surface area contributed by atoms with Gasteiger partial charge in [-0.25, -0.2) is 0 Å². The summed E-state index contributed by atoms with van der Waals surface area (Å²) in [5.41, 5.74) is 0. The van der Waals surface area contributed by atoms with E-state index < -0.39 is 0 Å². The molecule has 0 aromatic carbocycles. The van der Waals surface area contributed by atoms with Gasteiger partial charge in [0.15, 0.2) is 0 Å². The molecule has 0 aliphatic rings. The molecule has 1 unspecified atom stereocenters. The zero-order valence-corrected chi connectivity index (χ0v) is 10.5. The summed E-state index contributed by atoms with van der Waals surface area (Å²) < 4.78 is 0. The zero-order valence-electron chi connectivity index (χ0n) is 9.64. The van der Waals surface area contributed by atoms with Gasteiger partial charge in [0, 0.05) is 18.7 Å². The lowest BCUT2D eigenvalue weighted by atomic mass is 10.1. The molecule has 0 saturated heterocycles. The van der Waals surface area contributed by atoms with E-state index in [0.29, 0.717) is 5.25 Å². The van der Waals surface area contributed by atoms with Crippen molar-refractivity contribution in [3.63, 3.8) is 0 Å². The van der Waals surface area contributed by atoms with E-state index in [1.165, 1.54) is 32.1 Å². The highest BCUT2D eigenvalue weighted by Crippen LogP contribution is 2.14. The molecule has 0 radical (unpaired) electrons. The number of carbonyl (C=O) groups is 1. The van der Waals surface area contributed by atoms with Crippen LogP contribution in [0.3, 0.4) is 0 Å². The summed E-state index contributed by atoms with van der Waals surface area (Å²) >= 11 is 1.86. The lowest BCUT2D eigenvalue weighted by Crippen LogP contribution is -2.28. The number of hydrogen-bond donors (Lipinski definition) is 1. The molecule has 0 aliphatic heterocycles. The first-order valence-electron chi connectivity index (χ1n) is 5.48. The van der Waals surface area contributed by atoms with E-state index in [1.807, 2.05) is 11.8 Å². The molecule has 0 saturated carbocycles. The van der Waals surface area contributed by atoms with Gasteiger partial charge in [-0.3, -0.25) is 4.79 Å². The second kappa shape index (κ2) is 9.38. The molecule has 0 aliphatic carbocycles. The van der Waals surface area contributed by atoms with Gasteiger partial charge in [0.25, 0.3) is 0 Å². The molecule has 0 fully saturated rings. The van der Waals surface area contributed by atoms with E-state index in [0.717, 1.165) is 6.54 Å². The summed E-state index contributed by atoms with van der Waals surface area (Å²) in [6.45, 7) is 4.63. The normalized spacial score (nSPS) is 12.5. The number of unbranched alkanes of at least 4 members (excludes halogenated alkanes) is 3. The first kappa shape index (κ1) is 13.8. The Bertz CT molecular complexity index is 150. The maximum atomic E-state index is 10.7. The second-order valence-corrected chi connectivity index (χ2v) is 4.78. The molecule has 0 bridgehead atoms. The van der Waals surface area contributed by atoms with Crippen LogP contribution < -0.4 is 5.32 Å². The number of hydrogen-bond acceptors (Lipinski definition) is 2. The van der Waals surface area contributed by atoms with Crippen molar-refractivity contribution in [2.45, 2.75) is 51.2 Å². The van der Waals surface area contributed by atoms with E-state index in [-0.39, 0.29) is 5.91 Å². The zero-order chi connectivity index (χ0) is 10.8. The van der Waals surface area contributed by atoms with Crippen LogP contribution >= 0.6 is 11.8 Å². The first-order valence-corrected chi connectivity index (χ1v) is 6.76. The molecule has 1 N–H and O–H groups in total. The highest BCUT2D eigenvalue weighted by molar-refractivity contribution is 7.99. The van der Waals surface area contributed by atoms with E-state index in [9.17, 15) is 4.79 Å². The van der Waals surface area contributed by atoms with E-state index >= 15 is 0 Å². The topological polar surface area (TPSA) is 29.1 Å². The van der Waals surface area contributed by atoms with Gasteiger partial charge in [0.2, 0.25) is 5.91 Å². The van der Waals surface area contributed by atoms with Crippen molar-refractivity contribution in [3.8, 4) is 0 Å². The predicted octanol–water partition coefficient (Wildman–Crippen LogP) is 2.82. The Labute approximate surface area is 92.2 Å². The number of nitrogens with one attached hydrogen (secondary N) is 1. The van der Waals surface area contributed by atoms with E-state index in [4.69, 9.17) is 0 Å². The van der Waals surface area contributed by atoms with Crippen LogP contribution in [0.1, 0.15) is 46.0 Å². The number of thioether (sulfide) groups is 1. The minimum Gasteiger partial charge on any atom is -0.355 e. The van der Waals surface area contributed by atoms with Crippen LogP contribution in [0.15, 0.2) is 0 Å². The summed E-state index contributed by atoms with van der Waals surface area (Å²) in [6.07, 6.45) is 8.58. The highest BCUT2D eigenvalue weighted by atomic mass is 32.2. The largest absolute Gasteiger partial charge is 0.355 e. The Kier molecular flexibility index (Phi) is 9.26. The van der Waals surface area contributed by atoms with Crippen LogP contribution in [0.25, 0.3) is 0 Å². The molecule has 0 rings (SSSR count). The number of carbonyl (C=O) groups excluding carboxylic acids is 1. The fourth-order valence-electron chi connectivity index (χ4n) is 1.36. The minimum absolute atomic E-state index is 0.0811. The fourth-order valence-corrected chi connectivity index (χ4v) is 2.01. The third kappa shape index (κ3) is 8.42. The first-order chi connectivity index (χ1) is 6.70. The summed E-state index contributed by atoms with van der Waals surface area (Å²) in [4.78, 5) is 10.7. The van der Waals surface area contributed by atoms with Gasteiger partial charge in [-0.1, -0.05) is 32.6 Å². The Morgan fingerprint density at radius 2 is 2.07 bits per heavy atom. The van der Waals surface area contributed by atoms with Gasteiger partial charge in [-0.05, 0) is 12.7 Å². The molecule has 0 aromatic heterocycles. The van der Waals surface area contributed by atoms with E-state index in [1.54, 1.807) is 6.92 Å². The molecular formula is C11H23NOS. The molecule has 84 valence electrons. The molecule has 1 amide bonds. The van der Waals surface area contributed by atoms with Gasteiger partial charge in [0.1, 0.15) is 0 Å². The van der Waals surface area contributed by atoms with Crippen molar-refractivity contribution < 1.29 is 4.79 Å². The minimum atomic E-state index is 0.0811. The van der Waals surface area contributed by atoms with Gasteiger partial charge in [-0.15, -0.1) is 0 Å². The molecular weight excluding hydrogens is 194 g/mol. The van der Waals surface area contributed by atoms with Crippen molar-refractivity contribution in [1.29, 1.82) is 0 Å². The van der Waals surface area contributed by atoms with Crippen molar-refractivity contribution >= 4 is 17.7 Å². The van der Waals surface area contributed by atoms with Crippen LogP contribution in [0, 0.1) is 0 Å². The van der Waals surface area contributed by atoms with E-state index in [2.05, 4.69) is 18.5 Å². The second-order valence-electron chi connectivity index (χ2n) is 3.64. The molecule has 0 aromatic rings. The summed E-state index contributed by atoms with van der Waals surface area (Å²) in [6, 6.07) is 0. The lowest BCUT2D eigenvalue weighted by molar-refractivity contribution is -0.118. The molecule has 0 spiro atoms. The Morgan fingerprint density at radius 1 is 1.36 bits per heavy atom. The highest BCUT2D eigenvalue weighted by Gasteiger charge is 2.06. The summed E-state index contributed by atoms with van der Waals surface area (Å²) in [5, 5.41) is 3.47. The average Bonchev–Trinajstić information content (AvgIpc) is 2.16. The van der Waals surface area contributed by atoms with Gasteiger partial charge in [0.05, 0.1) is 0 Å². The number of amides is 1. The quantitative estimate of drug-likeness (QED) is 0.633. The van der Waals surface area contributed by atoms with Crippen LogP contribution in [-0.2, 0) is 4.79 Å². The predicted molar refractivity (Wildman–Crippen MR) is 64.7 cm³/mol. The van der Waals surface area contributed by atoms with Gasteiger partial charge < -0.3 is 5.32 Å². The monoisotopic (exact) mass is 217 g/mol. The molecule has 14 heavy (non-hydrogen) atoms. The van der Waals surface area contributed by atoms with Crippen molar-refractivity contribution in [2.24, 2.45) is 0 Å². The Morgan fingerprint density at radius 3 is 2.57 bits per heavy atom. The maximum Gasteiger partial charge on any atom is 0.216 e. The fraction of sp³-hybridized carbons (Fsp3) is 0.909. The lowest BCUT2D eigenvalue weighted by Gasteiger charge is -2.14. The summed E-state index contributed by atoms with van der Waals surface area (Å²) in [7, 11) is 0. The van der Waals surface area contributed by atoms with Crippen LogP contribution in [0.2, 0.25) is 0 Å². The SMILES string of the molecule is CCCCCCC(CNC(C)=O)SC. The van der Waals surface area contributed by atoms with Crippen molar-refractivity contribution in [3.05, 3.63) is 0 Å². The molecule has 2 nitrogen and oxygen atoms in total. The van der Waals surface area contributed by atoms with Crippen LogP contribution in [-0.4, -0.2) is 24.0 Å². The van der Waals surface area contributed by atoms with Gasteiger partial charge >= 0.3 is 0 Å². The molecule has 3 heteroatoms. The Balaban J connectivity index is 3.42. The van der Waals surface area contributed by atoms with Crippen LogP contribution in [0.5, 0.6) is 0 Å². The molecule has 1 atom stereocenters. The van der Waals surface area contributed by atoms with Gasteiger partial charge in [-0.2, -0.15) is 11.8 Å². The third-order valence-electron chi connectivity index (χ3n) is 2.29. The molecule has 0 heterocycles. The average molecular weight is 217 g/mol. The third-order valence-corrected chi connectivity index (χ3v) is 3.36. The number of rotatable bonds is 8. The Hall–Kier alpha value is -0.180. The standard InChI is InChI=1S/C11H23NOS/c1-4-5-6-7-8-11(14-3)9-12-10(2)13/h11H,4-9H2,1-3H3,(H,12,13). The van der Waals surface area contributed by atoms with Crippen molar-refractivity contribution in [1.82, 2.24) is 5.32 Å².